The molecule has 0 spiro atoms. The standard InChI is InChI=1S/C20H23NO2S/c1-15-10-12-18(13-11-15)24(22,23)21-19-9-5-8-17(19)14-20(21)16-6-3-2-4-7-16/h2-4,6-7,10-13,17,19-20H,5,8-9,14H2,1H3/t17-,19-,20?/m0/s1. The highest BCUT2D eigenvalue weighted by atomic mass is 32.2. The lowest BCUT2D eigenvalue weighted by molar-refractivity contribution is 0.316. The summed E-state index contributed by atoms with van der Waals surface area (Å²) in [5.74, 6) is 0.496. The molecule has 0 bridgehead atoms. The quantitative estimate of drug-likeness (QED) is 0.835. The van der Waals surface area contributed by atoms with Gasteiger partial charge in [-0.1, -0.05) is 54.4 Å². The van der Waals surface area contributed by atoms with Crippen LogP contribution in [-0.4, -0.2) is 18.8 Å². The number of aryl methyl sites for hydroxylation is 1. The summed E-state index contributed by atoms with van der Waals surface area (Å²) in [6, 6.07) is 17.5. The minimum atomic E-state index is -3.47. The maximum absolute atomic E-state index is 13.4. The Bertz CT molecular complexity index is 814. The van der Waals surface area contributed by atoms with E-state index in [-0.39, 0.29) is 12.1 Å². The van der Waals surface area contributed by atoms with Crippen molar-refractivity contribution in [3.63, 3.8) is 0 Å². The SMILES string of the molecule is Cc1ccc(S(=O)(=O)N2C(c3ccccc3)C[C@@H]3CCC[C@@H]32)cc1. The highest BCUT2D eigenvalue weighted by Gasteiger charge is 2.49. The third-order valence-corrected chi connectivity index (χ3v) is 7.51. The molecule has 126 valence electrons. The Balaban J connectivity index is 1.78. The normalized spacial score (nSPS) is 27.3. The molecule has 4 rings (SSSR count). The first-order chi connectivity index (χ1) is 11.6. The Morgan fingerprint density at radius 1 is 0.958 bits per heavy atom. The van der Waals surface area contributed by atoms with Gasteiger partial charge in [-0.05, 0) is 49.8 Å². The molecule has 2 aromatic rings. The fourth-order valence-electron chi connectivity index (χ4n) is 4.38. The van der Waals surface area contributed by atoms with Crippen molar-refractivity contribution in [1.29, 1.82) is 0 Å². The lowest BCUT2D eigenvalue weighted by atomic mass is 9.98. The maximum Gasteiger partial charge on any atom is 0.243 e. The molecule has 1 saturated carbocycles. The number of nitrogens with zero attached hydrogens (tertiary/aromatic N) is 1. The Morgan fingerprint density at radius 2 is 1.67 bits per heavy atom. The van der Waals surface area contributed by atoms with Crippen LogP contribution >= 0.6 is 0 Å². The minimum absolute atomic E-state index is 0.0344. The molecular formula is C20H23NO2S. The van der Waals surface area contributed by atoms with E-state index in [9.17, 15) is 8.42 Å². The number of hydrogen-bond donors (Lipinski definition) is 0. The molecular weight excluding hydrogens is 318 g/mol. The van der Waals surface area contributed by atoms with Crippen LogP contribution in [0.4, 0.5) is 0 Å². The summed E-state index contributed by atoms with van der Waals surface area (Å²) in [5.41, 5.74) is 2.19. The zero-order valence-corrected chi connectivity index (χ0v) is 14.7. The van der Waals surface area contributed by atoms with Crippen LogP contribution in [0.1, 0.15) is 42.9 Å². The van der Waals surface area contributed by atoms with Gasteiger partial charge >= 0.3 is 0 Å². The van der Waals surface area contributed by atoms with Crippen LogP contribution in [0.15, 0.2) is 59.5 Å². The molecule has 0 N–H and O–H groups in total. The van der Waals surface area contributed by atoms with Crippen LogP contribution in [0, 0.1) is 12.8 Å². The average molecular weight is 341 g/mol. The van der Waals surface area contributed by atoms with E-state index < -0.39 is 10.0 Å². The van der Waals surface area contributed by atoms with Gasteiger partial charge in [-0.3, -0.25) is 0 Å². The molecule has 3 atom stereocenters. The van der Waals surface area contributed by atoms with E-state index in [1.165, 1.54) is 0 Å². The molecule has 1 unspecified atom stereocenters. The second kappa shape index (κ2) is 6.01. The maximum atomic E-state index is 13.4. The summed E-state index contributed by atoms with van der Waals surface area (Å²) in [7, 11) is -3.47. The first kappa shape index (κ1) is 15.9. The minimum Gasteiger partial charge on any atom is -0.207 e. The monoisotopic (exact) mass is 341 g/mol. The Labute approximate surface area is 144 Å². The molecule has 24 heavy (non-hydrogen) atoms. The fraction of sp³-hybridized carbons (Fsp3) is 0.400. The molecule has 2 fully saturated rings. The lowest BCUT2D eigenvalue weighted by Crippen LogP contribution is -2.37. The van der Waals surface area contributed by atoms with E-state index in [1.54, 1.807) is 12.1 Å². The van der Waals surface area contributed by atoms with Gasteiger partial charge in [0.2, 0.25) is 10.0 Å². The molecule has 3 nitrogen and oxygen atoms in total. The van der Waals surface area contributed by atoms with Crippen LogP contribution in [0.25, 0.3) is 0 Å². The molecule has 0 radical (unpaired) electrons. The molecule has 1 aliphatic heterocycles. The van der Waals surface area contributed by atoms with E-state index >= 15 is 0 Å². The zero-order chi connectivity index (χ0) is 16.7. The van der Waals surface area contributed by atoms with Gasteiger partial charge in [0.15, 0.2) is 0 Å². The predicted octanol–water partition coefficient (Wildman–Crippen LogP) is 4.30. The van der Waals surface area contributed by atoms with E-state index in [0.717, 1.165) is 36.8 Å². The van der Waals surface area contributed by atoms with Gasteiger partial charge in [0.05, 0.1) is 10.9 Å². The van der Waals surface area contributed by atoms with Gasteiger partial charge in [-0.25, -0.2) is 8.42 Å². The van der Waals surface area contributed by atoms with E-state index in [2.05, 4.69) is 12.1 Å². The van der Waals surface area contributed by atoms with Gasteiger partial charge in [0.25, 0.3) is 0 Å². The highest BCUT2D eigenvalue weighted by Crippen LogP contribution is 2.49. The van der Waals surface area contributed by atoms with Gasteiger partial charge < -0.3 is 0 Å². The molecule has 0 aromatic heterocycles. The molecule has 2 aromatic carbocycles. The lowest BCUT2D eigenvalue weighted by Gasteiger charge is -2.29. The second-order valence-corrected chi connectivity index (χ2v) is 8.91. The number of fused-ring (bicyclic) bond motifs is 1. The van der Waals surface area contributed by atoms with E-state index in [4.69, 9.17) is 0 Å². The third-order valence-electron chi connectivity index (χ3n) is 5.56. The summed E-state index contributed by atoms with van der Waals surface area (Å²) >= 11 is 0. The second-order valence-electron chi connectivity index (χ2n) is 7.07. The smallest absolute Gasteiger partial charge is 0.207 e. The number of hydrogen-bond acceptors (Lipinski definition) is 2. The Hall–Kier alpha value is -1.65. The predicted molar refractivity (Wildman–Crippen MR) is 95.1 cm³/mol. The van der Waals surface area contributed by atoms with Crippen LogP contribution < -0.4 is 0 Å². The molecule has 0 amide bonds. The van der Waals surface area contributed by atoms with Crippen molar-refractivity contribution in [3.05, 3.63) is 65.7 Å². The zero-order valence-electron chi connectivity index (χ0n) is 13.9. The summed E-state index contributed by atoms with van der Waals surface area (Å²) in [5, 5.41) is 0. The molecule has 1 saturated heterocycles. The number of rotatable bonds is 3. The van der Waals surface area contributed by atoms with Crippen molar-refractivity contribution < 1.29 is 8.42 Å². The fourth-order valence-corrected chi connectivity index (χ4v) is 6.29. The topological polar surface area (TPSA) is 37.4 Å². The molecule has 2 aliphatic rings. The Morgan fingerprint density at radius 3 is 2.38 bits per heavy atom. The average Bonchev–Trinajstić information content (AvgIpc) is 3.16. The largest absolute Gasteiger partial charge is 0.243 e. The van der Waals surface area contributed by atoms with E-state index in [0.29, 0.717) is 10.8 Å². The molecule has 1 heterocycles. The van der Waals surface area contributed by atoms with Gasteiger partial charge in [0.1, 0.15) is 0 Å². The van der Waals surface area contributed by atoms with Crippen molar-refractivity contribution in [2.24, 2.45) is 5.92 Å². The molecule has 1 aliphatic carbocycles. The number of sulfonamides is 1. The van der Waals surface area contributed by atoms with Crippen LogP contribution in [0.3, 0.4) is 0 Å². The van der Waals surface area contributed by atoms with Crippen LogP contribution in [0.2, 0.25) is 0 Å². The Kier molecular flexibility index (Phi) is 3.97. The van der Waals surface area contributed by atoms with Crippen molar-refractivity contribution in [1.82, 2.24) is 4.31 Å². The van der Waals surface area contributed by atoms with Crippen LogP contribution in [-0.2, 0) is 10.0 Å². The summed E-state index contributed by atoms with van der Waals surface area (Å²) in [6.45, 7) is 1.98. The third kappa shape index (κ3) is 2.58. The van der Waals surface area contributed by atoms with Gasteiger partial charge in [-0.15, -0.1) is 0 Å². The van der Waals surface area contributed by atoms with Gasteiger partial charge in [-0.2, -0.15) is 4.31 Å². The van der Waals surface area contributed by atoms with Gasteiger partial charge in [0, 0.05) is 6.04 Å². The van der Waals surface area contributed by atoms with Crippen LogP contribution in [0.5, 0.6) is 0 Å². The summed E-state index contributed by atoms with van der Waals surface area (Å²) < 4.78 is 28.6. The first-order valence-electron chi connectivity index (χ1n) is 8.72. The van der Waals surface area contributed by atoms with Crippen molar-refractivity contribution in [2.75, 3.05) is 0 Å². The van der Waals surface area contributed by atoms with E-state index in [1.807, 2.05) is 41.6 Å². The first-order valence-corrected chi connectivity index (χ1v) is 10.2. The summed E-state index contributed by atoms with van der Waals surface area (Å²) in [6.07, 6.45) is 4.21. The van der Waals surface area contributed by atoms with Crippen molar-refractivity contribution >= 4 is 10.0 Å². The number of benzene rings is 2. The summed E-state index contributed by atoms with van der Waals surface area (Å²) in [4.78, 5) is 0.418. The molecule has 4 heteroatoms. The van der Waals surface area contributed by atoms with Crippen molar-refractivity contribution in [2.45, 2.75) is 49.6 Å². The van der Waals surface area contributed by atoms with Crippen molar-refractivity contribution in [3.8, 4) is 0 Å². The highest BCUT2D eigenvalue weighted by molar-refractivity contribution is 7.89.